The van der Waals surface area contributed by atoms with Gasteiger partial charge in [0, 0.05) is 39.5 Å². The molecule has 0 bridgehead atoms. The molecule has 14 aromatic rings. The predicted octanol–water partition coefficient (Wildman–Crippen LogP) is 28.9. The van der Waals surface area contributed by atoms with E-state index in [0.29, 0.717) is 5.92 Å². The van der Waals surface area contributed by atoms with E-state index in [1.54, 1.807) is 11.1 Å². The molecule has 2 nitrogen and oxygen atoms in total. The molecule has 0 amide bonds. The molecule has 3 unspecified atom stereocenters. The smallest absolute Gasteiger partial charge is 0.0715 e. The zero-order valence-electron chi connectivity index (χ0n) is 64.8. The second-order valence-electron chi connectivity index (χ2n) is 32.1. The molecule has 0 aromatic heterocycles. The lowest BCUT2D eigenvalue weighted by Crippen LogP contribution is -2.31. The van der Waals surface area contributed by atoms with Gasteiger partial charge < -0.3 is 9.80 Å². The van der Waals surface area contributed by atoms with Crippen LogP contribution in [0.4, 0.5) is 34.1 Å². The van der Waals surface area contributed by atoms with E-state index < -0.39 is 10.8 Å². The van der Waals surface area contributed by atoms with Crippen LogP contribution in [0, 0.1) is 33.6 Å². The van der Waals surface area contributed by atoms with E-state index in [9.17, 15) is 0 Å². The van der Waals surface area contributed by atoms with Crippen LogP contribution in [0.15, 0.2) is 376 Å². The van der Waals surface area contributed by atoms with Crippen molar-refractivity contribution in [1.82, 2.24) is 0 Å². The highest BCUT2D eigenvalue weighted by Crippen LogP contribution is 2.63. The molecule has 2 heteroatoms. The predicted molar refractivity (Wildman–Crippen MR) is 472 cm³/mol. The zero-order valence-corrected chi connectivity index (χ0v) is 64.8. The van der Waals surface area contributed by atoms with Crippen molar-refractivity contribution in [2.24, 2.45) is 5.92 Å². The second kappa shape index (κ2) is 28.4. The molecule has 5 aliphatic rings. The minimum atomic E-state index is -0.801. The summed E-state index contributed by atoms with van der Waals surface area (Å²) in [5.74, 6) is 0.506. The Morgan fingerprint density at radius 1 is 0.357 bits per heavy atom. The third-order valence-electron chi connectivity index (χ3n) is 25.7. The molecule has 3 atom stereocenters. The van der Waals surface area contributed by atoms with Gasteiger partial charge >= 0.3 is 0 Å². The van der Waals surface area contributed by atoms with Crippen molar-refractivity contribution in [1.29, 1.82) is 0 Å². The first-order valence-electron chi connectivity index (χ1n) is 40.2. The number of aryl methyl sites for hydroxylation is 4. The molecule has 0 aliphatic heterocycles. The quantitative estimate of drug-likeness (QED) is 0.0790. The standard InChI is InChI=1S/C110H92N2/c1-8-78-39-43-80(44-40-78)71-108(99-63-37-73(3)65-76(99)6)101-35-23-22-34-94(101)95-59-55-90(67-103(95)108)111(88-51-47-84(48-52-88)82-26-14-10-15-27-82)92-56-60-96-97-61-57-93(70-106(97)110(105(96)69-92,86-30-18-12-19-31-86)87-32-20-13-21-33-87)112(89-53-49-85(50-54-89)83-28-16-11-17-29-83)91-58-62-98-104(68-91)109(100-64-38-74(4)66-77(100)7,102-36-24-25-75(5)107(98)102)72-81-45-41-79(9-2)42-46-81/h8-23,25-35,37-40,43-45,47-70,79H,1-2,24,36,41-42,46,71-72H2,3-7H3. The van der Waals surface area contributed by atoms with Crippen molar-refractivity contribution < 1.29 is 0 Å². The maximum absolute atomic E-state index is 4.28. The summed E-state index contributed by atoms with van der Waals surface area (Å²) in [7, 11) is 0. The fourth-order valence-electron chi connectivity index (χ4n) is 20.6. The van der Waals surface area contributed by atoms with Gasteiger partial charge in [-0.25, -0.2) is 0 Å². The maximum atomic E-state index is 4.28. The average Bonchev–Trinajstić information content (AvgIpc) is 0.946. The third kappa shape index (κ3) is 11.5. The van der Waals surface area contributed by atoms with E-state index in [4.69, 9.17) is 0 Å². The summed E-state index contributed by atoms with van der Waals surface area (Å²) in [6.07, 6.45) is 16.2. The zero-order chi connectivity index (χ0) is 75.8. The summed E-state index contributed by atoms with van der Waals surface area (Å²) in [5.41, 5.74) is 41.0. The van der Waals surface area contributed by atoms with Crippen LogP contribution in [0.3, 0.4) is 0 Å². The second-order valence-corrected chi connectivity index (χ2v) is 32.1. The summed E-state index contributed by atoms with van der Waals surface area (Å²) >= 11 is 0. The highest BCUT2D eigenvalue weighted by atomic mass is 15.1. The molecule has 14 aromatic carbocycles. The lowest BCUT2D eigenvalue weighted by atomic mass is 9.64. The van der Waals surface area contributed by atoms with Gasteiger partial charge in [-0.15, -0.1) is 6.58 Å². The fraction of sp³-hybridized carbons (Fsp3) is 0.145. The van der Waals surface area contributed by atoms with E-state index in [2.05, 4.69) is 403 Å². The van der Waals surface area contributed by atoms with Gasteiger partial charge in [0.1, 0.15) is 0 Å². The van der Waals surface area contributed by atoms with E-state index in [1.165, 1.54) is 139 Å². The Hall–Kier alpha value is -12.6. The minimum Gasteiger partial charge on any atom is -0.310 e. The molecule has 0 N–H and O–H groups in total. The monoisotopic (exact) mass is 1440 g/mol. The Kier molecular flexibility index (Phi) is 17.7. The van der Waals surface area contributed by atoms with Crippen LogP contribution in [0.5, 0.6) is 0 Å². The molecule has 0 spiro atoms. The van der Waals surface area contributed by atoms with Crippen LogP contribution in [-0.4, -0.2) is 0 Å². The van der Waals surface area contributed by atoms with Crippen LogP contribution in [0.1, 0.15) is 134 Å². The summed E-state index contributed by atoms with van der Waals surface area (Å²) < 4.78 is 0. The average molecular weight is 1440 g/mol. The lowest BCUT2D eigenvalue weighted by molar-refractivity contribution is 0.512. The van der Waals surface area contributed by atoms with Gasteiger partial charge in [-0.05, 0) is 297 Å². The first-order valence-corrected chi connectivity index (χ1v) is 40.2. The highest BCUT2D eigenvalue weighted by Gasteiger charge is 2.51. The van der Waals surface area contributed by atoms with Crippen molar-refractivity contribution >= 4 is 45.8 Å². The van der Waals surface area contributed by atoms with Crippen LogP contribution >= 0.6 is 0 Å². The third-order valence-corrected chi connectivity index (χ3v) is 25.7. The van der Waals surface area contributed by atoms with E-state index in [-0.39, 0.29) is 5.41 Å². The minimum absolute atomic E-state index is 0.388. The number of allylic oxidation sites excluding steroid dienone is 7. The molecule has 0 radical (unpaired) electrons. The number of anilines is 6. The van der Waals surface area contributed by atoms with Gasteiger partial charge in [-0.1, -0.05) is 302 Å². The first kappa shape index (κ1) is 69.8. The molecule has 5 aliphatic carbocycles. The Morgan fingerprint density at radius 2 is 0.795 bits per heavy atom. The van der Waals surface area contributed by atoms with E-state index in [0.717, 1.165) is 84.6 Å². The first-order chi connectivity index (χ1) is 54.9. The van der Waals surface area contributed by atoms with Crippen molar-refractivity contribution in [3.05, 3.63) is 465 Å². The van der Waals surface area contributed by atoms with Crippen LogP contribution in [0.2, 0.25) is 0 Å². The summed E-state index contributed by atoms with van der Waals surface area (Å²) in [4.78, 5) is 5.12. The van der Waals surface area contributed by atoms with Crippen molar-refractivity contribution in [3.63, 3.8) is 0 Å². The fourth-order valence-corrected chi connectivity index (χ4v) is 20.6. The highest BCUT2D eigenvalue weighted by molar-refractivity contribution is 5.97. The van der Waals surface area contributed by atoms with E-state index >= 15 is 0 Å². The molecule has 0 saturated carbocycles. The van der Waals surface area contributed by atoms with Crippen LogP contribution in [-0.2, 0) is 22.7 Å². The number of nitrogens with zero attached hydrogens (tertiary/aromatic N) is 2. The largest absolute Gasteiger partial charge is 0.310 e. The number of rotatable bonds is 18. The lowest BCUT2D eigenvalue weighted by Gasteiger charge is -2.39. The van der Waals surface area contributed by atoms with E-state index in [1.807, 2.05) is 6.08 Å². The Bertz CT molecular complexity index is 6070. The Balaban J connectivity index is 0.830. The molecule has 542 valence electrons. The van der Waals surface area contributed by atoms with Crippen molar-refractivity contribution in [2.75, 3.05) is 9.80 Å². The SMILES string of the molecule is C=Cc1ccc(CC2(c3ccc(C)cc3C)c3ccccc3-c3ccc(N(c4ccc(-c5ccccc5)cc4)c4ccc5c(c4)C(c4ccccc4)(c4ccccc4)c4cc(N(c6ccc(-c7ccccc7)cc6)c6ccc7c(c6)C(CC6=CCC(C=C)CC6)(c6ccc(C)cc6C)C6=C7C(C)=CCC6)ccc4-5)cc32)cc1. The van der Waals surface area contributed by atoms with Gasteiger partial charge in [-0.2, -0.15) is 0 Å². The van der Waals surface area contributed by atoms with Gasteiger partial charge in [0.05, 0.1) is 10.8 Å². The topological polar surface area (TPSA) is 6.48 Å². The normalized spacial score (nSPS) is 17.4. The Labute approximate surface area is 662 Å². The van der Waals surface area contributed by atoms with Gasteiger partial charge in [0.2, 0.25) is 0 Å². The number of hydrogen-bond acceptors (Lipinski definition) is 2. The molecular formula is C110H92N2. The molecular weight excluding hydrogens is 1350 g/mol. The van der Waals surface area contributed by atoms with Crippen LogP contribution in [0.25, 0.3) is 56.2 Å². The molecule has 0 heterocycles. The van der Waals surface area contributed by atoms with Gasteiger partial charge in [0.15, 0.2) is 0 Å². The number of hydrogen-bond donors (Lipinski definition) is 0. The molecule has 19 rings (SSSR count). The summed E-state index contributed by atoms with van der Waals surface area (Å²) in [6.45, 7) is 19.9. The van der Waals surface area contributed by atoms with Gasteiger partial charge in [0.25, 0.3) is 0 Å². The van der Waals surface area contributed by atoms with Crippen LogP contribution < -0.4 is 9.80 Å². The number of benzene rings is 14. The molecule has 0 saturated heterocycles. The Morgan fingerprint density at radius 3 is 1.29 bits per heavy atom. The summed E-state index contributed by atoms with van der Waals surface area (Å²) in [6, 6.07) is 125. The molecule has 0 fully saturated rings. The van der Waals surface area contributed by atoms with Crippen molar-refractivity contribution in [2.45, 2.75) is 95.8 Å². The summed E-state index contributed by atoms with van der Waals surface area (Å²) in [5, 5.41) is 0. The number of fused-ring (bicyclic) bond motifs is 8. The van der Waals surface area contributed by atoms with Crippen molar-refractivity contribution in [3.8, 4) is 44.5 Å². The molecule has 112 heavy (non-hydrogen) atoms. The van der Waals surface area contributed by atoms with Gasteiger partial charge in [-0.3, -0.25) is 0 Å². The maximum Gasteiger partial charge on any atom is 0.0715 e.